The van der Waals surface area contributed by atoms with Crippen LogP contribution in [0.3, 0.4) is 0 Å². The average molecular weight is 270 g/mol. The van der Waals surface area contributed by atoms with Crippen LogP contribution in [0.25, 0.3) is 0 Å². The van der Waals surface area contributed by atoms with Gasteiger partial charge in [0.05, 0.1) is 6.61 Å². The first-order chi connectivity index (χ1) is 8.65. The zero-order valence-corrected chi connectivity index (χ0v) is 11.2. The molecule has 18 heavy (non-hydrogen) atoms. The maximum Gasteiger partial charge on any atom is 0.412 e. The molecule has 0 saturated carbocycles. The van der Waals surface area contributed by atoms with Gasteiger partial charge < -0.3 is 9.94 Å². The number of ether oxygens (including phenoxy) is 1. The number of anilines is 1. The Kier molecular flexibility index (Phi) is 6.21. The average Bonchev–Trinajstić information content (AvgIpc) is 2.35. The van der Waals surface area contributed by atoms with Gasteiger partial charge in [0.2, 0.25) is 0 Å². The monoisotopic (exact) mass is 270 g/mol. The number of nitrogens with zero attached hydrogens (tertiary/aromatic N) is 1. The van der Waals surface area contributed by atoms with Crippen LogP contribution in [0.5, 0.6) is 0 Å². The first-order valence-corrected chi connectivity index (χ1v) is 6.41. The van der Waals surface area contributed by atoms with E-state index in [2.05, 4.69) is 12.2 Å². The van der Waals surface area contributed by atoms with Gasteiger partial charge in [0, 0.05) is 0 Å². The lowest BCUT2D eigenvalue weighted by Crippen LogP contribution is -2.17. The topological polar surface area (TPSA) is 63.5 Å². The van der Waals surface area contributed by atoms with Gasteiger partial charge in [0.15, 0.2) is 5.82 Å². The molecule has 5 nitrogen and oxygen atoms in total. The first-order valence-electron chi connectivity index (χ1n) is 6.00. The molecule has 0 fully saturated rings. The molecule has 0 radical (unpaired) electrons. The SMILES string of the molecule is CCCCCCOC(=O)Nc1cccc(=S)n1O. The summed E-state index contributed by atoms with van der Waals surface area (Å²) >= 11 is 4.85. The van der Waals surface area contributed by atoms with Crippen LogP contribution in [0.15, 0.2) is 18.2 Å². The Morgan fingerprint density at radius 3 is 2.94 bits per heavy atom. The molecule has 1 amide bonds. The van der Waals surface area contributed by atoms with Crippen LogP contribution in [-0.2, 0) is 4.74 Å². The van der Waals surface area contributed by atoms with Gasteiger partial charge >= 0.3 is 6.09 Å². The van der Waals surface area contributed by atoms with Gasteiger partial charge in [-0.05, 0) is 18.6 Å². The highest BCUT2D eigenvalue weighted by molar-refractivity contribution is 7.71. The van der Waals surface area contributed by atoms with E-state index in [9.17, 15) is 10.0 Å². The second-order valence-electron chi connectivity index (χ2n) is 3.88. The van der Waals surface area contributed by atoms with Crippen molar-refractivity contribution in [3.8, 4) is 0 Å². The number of aromatic nitrogens is 1. The number of unbranched alkanes of at least 4 members (excludes halogenated alkanes) is 3. The van der Waals surface area contributed by atoms with E-state index < -0.39 is 6.09 Å². The number of nitrogens with one attached hydrogen (secondary N) is 1. The maximum atomic E-state index is 11.4. The van der Waals surface area contributed by atoms with E-state index in [1.54, 1.807) is 12.1 Å². The molecule has 0 aliphatic heterocycles. The third-order valence-corrected chi connectivity index (χ3v) is 2.70. The highest BCUT2D eigenvalue weighted by Gasteiger charge is 2.06. The van der Waals surface area contributed by atoms with Crippen molar-refractivity contribution in [2.75, 3.05) is 11.9 Å². The highest BCUT2D eigenvalue weighted by Crippen LogP contribution is 2.07. The lowest BCUT2D eigenvalue weighted by atomic mass is 10.2. The number of carbonyl (C=O) groups is 1. The highest BCUT2D eigenvalue weighted by atomic mass is 32.1. The molecule has 1 aromatic heterocycles. The summed E-state index contributed by atoms with van der Waals surface area (Å²) < 4.78 is 5.93. The lowest BCUT2D eigenvalue weighted by molar-refractivity contribution is 0.155. The fourth-order valence-corrected chi connectivity index (χ4v) is 1.59. The number of pyridine rings is 1. The first kappa shape index (κ1) is 14.5. The van der Waals surface area contributed by atoms with Gasteiger partial charge in [-0.25, -0.2) is 4.79 Å². The van der Waals surface area contributed by atoms with Crippen LogP contribution in [0.2, 0.25) is 0 Å². The van der Waals surface area contributed by atoms with Gasteiger partial charge in [0.25, 0.3) is 0 Å². The molecule has 6 heteroatoms. The molecule has 0 aliphatic carbocycles. The fraction of sp³-hybridized carbons (Fsp3) is 0.500. The number of hydrogen-bond donors (Lipinski definition) is 2. The molecule has 0 spiro atoms. The Hall–Kier alpha value is -1.56. The Balaban J connectivity index is 2.36. The molecule has 1 aromatic rings. The lowest BCUT2D eigenvalue weighted by Gasteiger charge is -2.09. The van der Waals surface area contributed by atoms with E-state index in [-0.39, 0.29) is 10.5 Å². The van der Waals surface area contributed by atoms with Crippen molar-refractivity contribution in [3.05, 3.63) is 22.8 Å². The summed E-state index contributed by atoms with van der Waals surface area (Å²) in [6, 6.07) is 4.73. The van der Waals surface area contributed by atoms with Crippen LogP contribution in [0, 0.1) is 4.64 Å². The van der Waals surface area contributed by atoms with Gasteiger partial charge in [-0.3, -0.25) is 5.32 Å². The van der Waals surface area contributed by atoms with E-state index in [0.717, 1.165) is 30.4 Å². The minimum atomic E-state index is -0.588. The van der Waals surface area contributed by atoms with Gasteiger partial charge in [-0.2, -0.15) is 4.73 Å². The predicted molar refractivity (Wildman–Crippen MR) is 71.6 cm³/mol. The largest absolute Gasteiger partial charge is 0.449 e. The third-order valence-electron chi connectivity index (χ3n) is 2.39. The van der Waals surface area contributed by atoms with Crippen molar-refractivity contribution < 1.29 is 14.7 Å². The zero-order valence-electron chi connectivity index (χ0n) is 10.4. The second-order valence-corrected chi connectivity index (χ2v) is 4.30. The van der Waals surface area contributed by atoms with Crippen LogP contribution in [0.1, 0.15) is 32.6 Å². The molecule has 100 valence electrons. The molecule has 0 aliphatic rings. The molecule has 0 atom stereocenters. The van der Waals surface area contributed by atoms with Crippen LogP contribution in [0.4, 0.5) is 10.6 Å². The second kappa shape index (κ2) is 7.71. The number of carbonyl (C=O) groups excluding carboxylic acids is 1. The zero-order chi connectivity index (χ0) is 13.4. The molecular weight excluding hydrogens is 252 g/mol. The minimum absolute atomic E-state index is 0.195. The summed E-state index contributed by atoms with van der Waals surface area (Å²) in [5, 5.41) is 12.0. The predicted octanol–water partition coefficient (Wildman–Crippen LogP) is 3.58. The summed E-state index contributed by atoms with van der Waals surface area (Å²) in [5.41, 5.74) is 0. The molecular formula is C12H18N2O3S. The molecule has 0 aromatic carbocycles. The molecule has 1 heterocycles. The Morgan fingerprint density at radius 2 is 2.22 bits per heavy atom. The Labute approximate surface area is 111 Å². The van der Waals surface area contributed by atoms with E-state index in [4.69, 9.17) is 17.0 Å². The van der Waals surface area contributed by atoms with E-state index in [1.165, 1.54) is 6.07 Å². The van der Waals surface area contributed by atoms with Crippen molar-refractivity contribution in [3.63, 3.8) is 0 Å². The third kappa shape index (κ3) is 4.75. The van der Waals surface area contributed by atoms with Gasteiger partial charge in [-0.15, -0.1) is 0 Å². The summed E-state index contributed by atoms with van der Waals surface area (Å²) in [7, 11) is 0. The van der Waals surface area contributed by atoms with E-state index in [1.807, 2.05) is 0 Å². The smallest absolute Gasteiger partial charge is 0.412 e. The molecule has 0 saturated heterocycles. The molecule has 2 N–H and O–H groups in total. The number of rotatable bonds is 6. The van der Waals surface area contributed by atoms with Crippen molar-refractivity contribution >= 4 is 24.1 Å². The summed E-state index contributed by atoms with van der Waals surface area (Å²) in [5.74, 6) is 0.195. The van der Waals surface area contributed by atoms with Crippen LogP contribution < -0.4 is 5.32 Å². The van der Waals surface area contributed by atoms with Crippen LogP contribution >= 0.6 is 12.2 Å². The van der Waals surface area contributed by atoms with Gasteiger partial charge in [0.1, 0.15) is 4.64 Å². The number of amides is 1. The standard InChI is InChI=1S/C12H18N2O3S/c1-2-3-4-5-9-17-12(15)13-10-7-6-8-11(18)14(10)16/h6-8,16H,2-5,9H2,1H3,(H,13,15). The van der Waals surface area contributed by atoms with Crippen molar-refractivity contribution in [2.24, 2.45) is 0 Å². The van der Waals surface area contributed by atoms with Gasteiger partial charge in [-0.1, -0.05) is 44.5 Å². The number of hydrogen-bond acceptors (Lipinski definition) is 4. The van der Waals surface area contributed by atoms with Crippen molar-refractivity contribution in [1.82, 2.24) is 4.73 Å². The Bertz CT molecular complexity index is 445. The fourth-order valence-electron chi connectivity index (χ4n) is 1.41. The molecule has 1 rings (SSSR count). The molecule has 0 bridgehead atoms. The van der Waals surface area contributed by atoms with Crippen molar-refractivity contribution in [2.45, 2.75) is 32.6 Å². The quantitative estimate of drug-likeness (QED) is 0.471. The summed E-state index contributed by atoms with van der Waals surface area (Å²) in [4.78, 5) is 11.4. The summed E-state index contributed by atoms with van der Waals surface area (Å²) in [6.07, 6.45) is 3.59. The Morgan fingerprint density at radius 1 is 1.44 bits per heavy atom. The van der Waals surface area contributed by atoms with Crippen LogP contribution in [-0.4, -0.2) is 22.6 Å². The maximum absolute atomic E-state index is 11.4. The normalized spacial score (nSPS) is 10.1. The minimum Gasteiger partial charge on any atom is -0.449 e. The van der Waals surface area contributed by atoms with Crippen molar-refractivity contribution in [1.29, 1.82) is 0 Å². The van der Waals surface area contributed by atoms with E-state index in [0.29, 0.717) is 6.61 Å². The summed E-state index contributed by atoms with van der Waals surface area (Å²) in [6.45, 7) is 2.50. The molecule has 0 unspecified atom stereocenters. The van der Waals surface area contributed by atoms with E-state index >= 15 is 0 Å².